The maximum Gasteiger partial charge on any atom is 0.252 e. The topological polar surface area (TPSA) is 49.3 Å². The van der Waals surface area contributed by atoms with E-state index in [0.717, 1.165) is 8.95 Å². The zero-order valence-electron chi connectivity index (χ0n) is 9.71. The molecule has 0 radical (unpaired) electrons. The molecule has 1 aromatic rings. The minimum Gasteiger partial charge on any atom is -0.391 e. The van der Waals surface area contributed by atoms with Gasteiger partial charge in [-0.1, -0.05) is 29.8 Å². The van der Waals surface area contributed by atoms with Crippen molar-refractivity contribution in [3.63, 3.8) is 0 Å². The van der Waals surface area contributed by atoms with Gasteiger partial charge in [-0.05, 0) is 40.0 Å². The zero-order chi connectivity index (χ0) is 13.0. The molecule has 17 heavy (non-hydrogen) atoms. The standard InChI is InChI=1S/C12H15Br2NO2/c1-7(2)11(16)6-15-12(17)9-5-8(13)3-4-10(9)14/h3-5,7,11,16H,6H2,1-2H3,(H,15,17). The largest absolute Gasteiger partial charge is 0.391 e. The molecule has 1 amide bonds. The van der Waals surface area contributed by atoms with Crippen LogP contribution in [0.2, 0.25) is 0 Å². The van der Waals surface area contributed by atoms with Gasteiger partial charge in [-0.15, -0.1) is 0 Å². The van der Waals surface area contributed by atoms with Crippen LogP contribution in [0.5, 0.6) is 0 Å². The Labute approximate surface area is 118 Å². The summed E-state index contributed by atoms with van der Waals surface area (Å²) in [7, 11) is 0. The van der Waals surface area contributed by atoms with Gasteiger partial charge in [0.2, 0.25) is 0 Å². The normalized spacial score (nSPS) is 12.6. The first-order valence-electron chi connectivity index (χ1n) is 5.33. The van der Waals surface area contributed by atoms with E-state index < -0.39 is 6.10 Å². The molecule has 0 aliphatic rings. The lowest BCUT2D eigenvalue weighted by molar-refractivity contribution is 0.0871. The Hall–Kier alpha value is -0.390. The molecule has 0 aliphatic carbocycles. The molecule has 5 heteroatoms. The Bertz CT molecular complexity index is 407. The summed E-state index contributed by atoms with van der Waals surface area (Å²) in [6, 6.07) is 5.39. The number of aliphatic hydroxyl groups excluding tert-OH is 1. The van der Waals surface area contributed by atoms with Gasteiger partial charge in [-0.25, -0.2) is 0 Å². The molecule has 2 N–H and O–H groups in total. The summed E-state index contributed by atoms with van der Waals surface area (Å²) in [5, 5.41) is 12.3. The number of carbonyl (C=O) groups is 1. The van der Waals surface area contributed by atoms with Gasteiger partial charge in [0.25, 0.3) is 5.91 Å². The van der Waals surface area contributed by atoms with Crippen LogP contribution in [0, 0.1) is 5.92 Å². The van der Waals surface area contributed by atoms with E-state index in [4.69, 9.17) is 0 Å². The van der Waals surface area contributed by atoms with Crippen LogP contribution in [0.25, 0.3) is 0 Å². The number of hydrogen-bond donors (Lipinski definition) is 2. The van der Waals surface area contributed by atoms with Crippen molar-refractivity contribution in [1.82, 2.24) is 5.32 Å². The minimum absolute atomic E-state index is 0.126. The highest BCUT2D eigenvalue weighted by Crippen LogP contribution is 2.21. The van der Waals surface area contributed by atoms with Gasteiger partial charge in [0, 0.05) is 15.5 Å². The molecule has 94 valence electrons. The van der Waals surface area contributed by atoms with Crippen molar-refractivity contribution >= 4 is 37.8 Å². The van der Waals surface area contributed by atoms with Crippen LogP contribution in [-0.2, 0) is 0 Å². The minimum atomic E-state index is -0.523. The highest BCUT2D eigenvalue weighted by Gasteiger charge is 2.14. The Balaban J connectivity index is 2.67. The van der Waals surface area contributed by atoms with Crippen LogP contribution in [0.3, 0.4) is 0 Å². The predicted octanol–water partition coefficient (Wildman–Crippen LogP) is 2.96. The van der Waals surface area contributed by atoms with Gasteiger partial charge < -0.3 is 10.4 Å². The Morgan fingerprint density at radius 1 is 1.41 bits per heavy atom. The summed E-state index contributed by atoms with van der Waals surface area (Å²) >= 11 is 6.64. The van der Waals surface area contributed by atoms with Crippen molar-refractivity contribution < 1.29 is 9.90 Å². The second kappa shape index (κ2) is 6.52. The zero-order valence-corrected chi connectivity index (χ0v) is 12.9. The second-order valence-corrected chi connectivity index (χ2v) is 5.92. The molecule has 0 heterocycles. The van der Waals surface area contributed by atoms with E-state index >= 15 is 0 Å². The molecule has 0 fully saturated rings. The van der Waals surface area contributed by atoms with E-state index in [2.05, 4.69) is 37.2 Å². The SMILES string of the molecule is CC(C)C(O)CNC(=O)c1cc(Br)ccc1Br. The van der Waals surface area contributed by atoms with Crippen LogP contribution >= 0.6 is 31.9 Å². The fourth-order valence-electron chi connectivity index (χ4n) is 1.20. The van der Waals surface area contributed by atoms with E-state index in [1.54, 1.807) is 12.1 Å². The molecule has 0 bridgehead atoms. The summed E-state index contributed by atoms with van der Waals surface area (Å²) in [6.45, 7) is 4.08. The second-order valence-electron chi connectivity index (χ2n) is 4.15. The van der Waals surface area contributed by atoms with Gasteiger partial charge in [0.15, 0.2) is 0 Å². The molecule has 0 aliphatic heterocycles. The van der Waals surface area contributed by atoms with Crippen LogP contribution in [0.15, 0.2) is 27.1 Å². The van der Waals surface area contributed by atoms with Gasteiger partial charge in [0.05, 0.1) is 11.7 Å². The van der Waals surface area contributed by atoms with Crippen LogP contribution in [-0.4, -0.2) is 23.7 Å². The Morgan fingerprint density at radius 3 is 2.65 bits per heavy atom. The summed E-state index contributed by atoms with van der Waals surface area (Å²) in [5.41, 5.74) is 0.551. The first-order chi connectivity index (χ1) is 7.91. The van der Waals surface area contributed by atoms with Gasteiger partial charge in [-0.2, -0.15) is 0 Å². The molecule has 0 saturated carbocycles. The number of carbonyl (C=O) groups excluding carboxylic acids is 1. The van der Waals surface area contributed by atoms with Crippen molar-refractivity contribution in [1.29, 1.82) is 0 Å². The maximum absolute atomic E-state index is 11.9. The van der Waals surface area contributed by atoms with Gasteiger partial charge in [0.1, 0.15) is 0 Å². The Morgan fingerprint density at radius 2 is 2.06 bits per heavy atom. The first-order valence-corrected chi connectivity index (χ1v) is 6.91. The number of nitrogens with one attached hydrogen (secondary N) is 1. The van der Waals surface area contributed by atoms with Gasteiger partial charge >= 0.3 is 0 Å². The summed E-state index contributed by atoms with van der Waals surface area (Å²) in [4.78, 5) is 11.9. The van der Waals surface area contributed by atoms with Crippen molar-refractivity contribution in [2.75, 3.05) is 6.54 Å². The average molecular weight is 365 g/mol. The lowest BCUT2D eigenvalue weighted by Crippen LogP contribution is -2.34. The molecule has 1 unspecified atom stereocenters. The van der Waals surface area contributed by atoms with Crippen molar-refractivity contribution in [3.8, 4) is 0 Å². The quantitative estimate of drug-likeness (QED) is 0.862. The van der Waals surface area contributed by atoms with E-state index in [-0.39, 0.29) is 18.4 Å². The fourth-order valence-corrected chi connectivity index (χ4v) is 1.99. The highest BCUT2D eigenvalue weighted by molar-refractivity contribution is 9.11. The number of benzene rings is 1. The third kappa shape index (κ3) is 4.41. The van der Waals surface area contributed by atoms with E-state index in [9.17, 15) is 9.90 Å². The molecular formula is C12H15Br2NO2. The van der Waals surface area contributed by atoms with Gasteiger partial charge in [-0.3, -0.25) is 4.79 Å². The molecule has 1 aromatic carbocycles. The van der Waals surface area contributed by atoms with E-state index in [1.807, 2.05) is 19.9 Å². The van der Waals surface area contributed by atoms with Crippen molar-refractivity contribution in [2.45, 2.75) is 20.0 Å². The number of halogens is 2. The van der Waals surface area contributed by atoms with E-state index in [0.29, 0.717) is 5.56 Å². The smallest absolute Gasteiger partial charge is 0.252 e. The van der Waals surface area contributed by atoms with Crippen LogP contribution in [0.1, 0.15) is 24.2 Å². The van der Waals surface area contributed by atoms with Crippen molar-refractivity contribution in [2.24, 2.45) is 5.92 Å². The molecule has 0 aromatic heterocycles. The average Bonchev–Trinajstić information content (AvgIpc) is 2.28. The Kier molecular flexibility index (Phi) is 5.62. The highest BCUT2D eigenvalue weighted by atomic mass is 79.9. The summed E-state index contributed by atoms with van der Waals surface area (Å²) in [6.07, 6.45) is -0.523. The molecular weight excluding hydrogens is 350 g/mol. The monoisotopic (exact) mass is 363 g/mol. The number of amides is 1. The molecule has 0 saturated heterocycles. The maximum atomic E-state index is 11.9. The number of hydrogen-bond acceptors (Lipinski definition) is 2. The number of rotatable bonds is 4. The summed E-state index contributed by atoms with van der Waals surface area (Å²) < 4.78 is 1.58. The van der Waals surface area contributed by atoms with E-state index in [1.165, 1.54) is 0 Å². The van der Waals surface area contributed by atoms with Crippen molar-refractivity contribution in [3.05, 3.63) is 32.7 Å². The summed E-state index contributed by atoms with van der Waals surface area (Å²) in [5.74, 6) is -0.0703. The molecule has 1 rings (SSSR count). The fraction of sp³-hybridized carbons (Fsp3) is 0.417. The van der Waals surface area contributed by atoms with Crippen LogP contribution < -0.4 is 5.32 Å². The third-order valence-corrected chi connectivity index (χ3v) is 3.60. The van der Waals surface area contributed by atoms with Crippen LogP contribution in [0.4, 0.5) is 0 Å². The lowest BCUT2D eigenvalue weighted by atomic mass is 10.1. The molecule has 1 atom stereocenters. The number of aliphatic hydroxyl groups is 1. The predicted molar refractivity (Wildman–Crippen MR) is 75.0 cm³/mol. The molecule has 0 spiro atoms. The lowest BCUT2D eigenvalue weighted by Gasteiger charge is -2.15. The third-order valence-electron chi connectivity index (χ3n) is 2.41. The first kappa shape index (κ1) is 14.7. The molecule has 3 nitrogen and oxygen atoms in total.